The van der Waals surface area contributed by atoms with Crippen LogP contribution in [-0.4, -0.2) is 38.9 Å². The largest absolute Gasteiger partial charge is 0.468 e. The van der Waals surface area contributed by atoms with Crippen molar-refractivity contribution in [3.05, 3.63) is 12.2 Å². The van der Waals surface area contributed by atoms with Gasteiger partial charge in [0.1, 0.15) is 6.04 Å². The zero-order chi connectivity index (χ0) is 11.7. The van der Waals surface area contributed by atoms with Gasteiger partial charge in [-0.15, -0.1) is 0 Å². The first-order chi connectivity index (χ1) is 7.11. The molecule has 0 spiro atoms. The summed E-state index contributed by atoms with van der Waals surface area (Å²) in [6.07, 6.45) is 0.715. The van der Waals surface area contributed by atoms with Crippen LogP contribution in [0.4, 0.5) is 0 Å². The van der Waals surface area contributed by atoms with E-state index >= 15 is 0 Å². The lowest BCUT2D eigenvalue weighted by molar-refractivity contribution is -0.143. The molecule has 0 heterocycles. The zero-order valence-electron chi connectivity index (χ0n) is 9.84. The third kappa shape index (κ3) is 7.11. The van der Waals surface area contributed by atoms with Crippen LogP contribution in [0.5, 0.6) is 0 Å². The summed E-state index contributed by atoms with van der Waals surface area (Å²) in [5.74, 6) is -0.225. The second-order valence-corrected chi connectivity index (χ2v) is 3.45. The van der Waals surface area contributed by atoms with E-state index < -0.39 is 0 Å². The van der Waals surface area contributed by atoms with Gasteiger partial charge in [0, 0.05) is 6.54 Å². The summed E-state index contributed by atoms with van der Waals surface area (Å²) in [6, 6.07) is -0.233. The molecule has 0 bridgehead atoms. The minimum Gasteiger partial charge on any atom is -0.468 e. The minimum absolute atomic E-state index is 0.225. The zero-order valence-corrected chi connectivity index (χ0v) is 9.84. The van der Waals surface area contributed by atoms with Crippen LogP contribution in [0.25, 0.3) is 0 Å². The van der Waals surface area contributed by atoms with Crippen molar-refractivity contribution in [3.8, 4) is 0 Å². The van der Waals surface area contributed by atoms with E-state index in [1.165, 1.54) is 7.11 Å². The van der Waals surface area contributed by atoms with E-state index in [0.29, 0.717) is 26.2 Å². The molecule has 0 fully saturated rings. The Bertz CT molecular complexity index is 204. The van der Waals surface area contributed by atoms with Gasteiger partial charge in [0.05, 0.1) is 20.3 Å². The lowest BCUT2D eigenvalue weighted by Gasteiger charge is -2.14. The van der Waals surface area contributed by atoms with Crippen LogP contribution < -0.4 is 5.32 Å². The highest BCUT2D eigenvalue weighted by Gasteiger charge is 2.14. The number of esters is 1. The maximum Gasteiger partial charge on any atom is 0.322 e. The smallest absolute Gasteiger partial charge is 0.322 e. The molecule has 1 N–H and O–H groups in total. The van der Waals surface area contributed by atoms with E-state index in [2.05, 4.69) is 16.6 Å². The van der Waals surface area contributed by atoms with E-state index in [0.717, 1.165) is 5.57 Å². The molecule has 0 aliphatic rings. The first-order valence-corrected chi connectivity index (χ1v) is 5.15. The molecule has 0 saturated carbocycles. The maximum absolute atomic E-state index is 11.2. The fourth-order valence-electron chi connectivity index (χ4n) is 1.09. The highest BCUT2D eigenvalue weighted by atomic mass is 16.5. The summed E-state index contributed by atoms with van der Waals surface area (Å²) in [5.41, 5.74) is 0.995. The Morgan fingerprint density at radius 1 is 1.53 bits per heavy atom. The number of methoxy groups -OCH3 is 1. The van der Waals surface area contributed by atoms with E-state index in [1.807, 2.05) is 13.8 Å². The van der Waals surface area contributed by atoms with Gasteiger partial charge in [0.25, 0.3) is 0 Å². The SMILES string of the molecule is C=C(C)COCCNC(CC)C(=O)OC. The molecule has 0 aliphatic heterocycles. The summed E-state index contributed by atoms with van der Waals surface area (Å²) in [5, 5.41) is 3.06. The number of ether oxygens (including phenoxy) is 2. The van der Waals surface area contributed by atoms with Gasteiger partial charge in [-0.1, -0.05) is 19.1 Å². The molecule has 0 saturated heterocycles. The second-order valence-electron chi connectivity index (χ2n) is 3.45. The topological polar surface area (TPSA) is 47.6 Å². The van der Waals surface area contributed by atoms with Gasteiger partial charge in [0.2, 0.25) is 0 Å². The predicted octanol–water partition coefficient (Wildman–Crippen LogP) is 1.12. The van der Waals surface area contributed by atoms with Crippen LogP contribution >= 0.6 is 0 Å². The van der Waals surface area contributed by atoms with Crippen molar-refractivity contribution in [2.24, 2.45) is 0 Å². The Morgan fingerprint density at radius 2 is 2.20 bits per heavy atom. The van der Waals surface area contributed by atoms with Crippen LogP contribution in [0.3, 0.4) is 0 Å². The molecule has 0 amide bonds. The predicted molar refractivity (Wildman–Crippen MR) is 59.7 cm³/mol. The van der Waals surface area contributed by atoms with Gasteiger partial charge in [-0.3, -0.25) is 4.79 Å². The maximum atomic E-state index is 11.2. The van der Waals surface area contributed by atoms with Gasteiger partial charge in [0.15, 0.2) is 0 Å². The van der Waals surface area contributed by atoms with Gasteiger partial charge < -0.3 is 14.8 Å². The number of nitrogens with one attached hydrogen (secondary N) is 1. The summed E-state index contributed by atoms with van der Waals surface area (Å²) < 4.78 is 9.93. The number of hydrogen-bond donors (Lipinski definition) is 1. The molecule has 15 heavy (non-hydrogen) atoms. The molecule has 88 valence electrons. The van der Waals surface area contributed by atoms with Crippen LogP contribution in [0.15, 0.2) is 12.2 Å². The second kappa shape index (κ2) is 8.44. The van der Waals surface area contributed by atoms with Crippen molar-refractivity contribution in [1.29, 1.82) is 0 Å². The molecular formula is C11H21NO3. The standard InChI is InChI=1S/C11H21NO3/c1-5-10(11(13)14-4)12-6-7-15-8-9(2)3/h10,12H,2,5-8H2,1,3-4H3. The normalized spacial score (nSPS) is 12.2. The van der Waals surface area contributed by atoms with Crippen molar-refractivity contribution in [2.45, 2.75) is 26.3 Å². The Morgan fingerprint density at radius 3 is 2.67 bits per heavy atom. The quantitative estimate of drug-likeness (QED) is 0.374. The van der Waals surface area contributed by atoms with Crippen molar-refractivity contribution in [3.63, 3.8) is 0 Å². The average Bonchev–Trinajstić information content (AvgIpc) is 2.22. The van der Waals surface area contributed by atoms with E-state index in [-0.39, 0.29) is 12.0 Å². The molecular weight excluding hydrogens is 194 g/mol. The molecule has 0 aromatic heterocycles. The third-order valence-electron chi connectivity index (χ3n) is 1.88. The van der Waals surface area contributed by atoms with Crippen molar-refractivity contribution < 1.29 is 14.3 Å². The van der Waals surface area contributed by atoms with E-state index in [4.69, 9.17) is 4.74 Å². The summed E-state index contributed by atoms with van der Waals surface area (Å²) in [4.78, 5) is 11.2. The van der Waals surface area contributed by atoms with E-state index in [9.17, 15) is 4.79 Å². The average molecular weight is 215 g/mol. The molecule has 0 aromatic rings. The van der Waals surface area contributed by atoms with Crippen molar-refractivity contribution in [2.75, 3.05) is 26.9 Å². The molecule has 0 aromatic carbocycles. The Balaban J connectivity index is 3.55. The van der Waals surface area contributed by atoms with E-state index in [1.54, 1.807) is 0 Å². The van der Waals surface area contributed by atoms with Crippen LogP contribution in [0.1, 0.15) is 20.3 Å². The fraction of sp³-hybridized carbons (Fsp3) is 0.727. The monoisotopic (exact) mass is 215 g/mol. The summed E-state index contributed by atoms with van der Waals surface area (Å²) in [7, 11) is 1.39. The first kappa shape index (κ1) is 14.1. The highest BCUT2D eigenvalue weighted by Crippen LogP contribution is 1.93. The Kier molecular flexibility index (Phi) is 7.95. The molecule has 0 radical (unpaired) electrons. The lowest BCUT2D eigenvalue weighted by Crippen LogP contribution is -2.38. The molecule has 4 heteroatoms. The van der Waals surface area contributed by atoms with Gasteiger partial charge in [-0.2, -0.15) is 0 Å². The summed E-state index contributed by atoms with van der Waals surface area (Å²) >= 11 is 0. The van der Waals surface area contributed by atoms with Gasteiger partial charge in [-0.05, 0) is 13.3 Å². The Hall–Kier alpha value is -0.870. The summed E-state index contributed by atoms with van der Waals surface area (Å²) in [6.45, 7) is 9.35. The van der Waals surface area contributed by atoms with Crippen LogP contribution in [-0.2, 0) is 14.3 Å². The fourth-order valence-corrected chi connectivity index (χ4v) is 1.09. The molecule has 0 aliphatic carbocycles. The first-order valence-electron chi connectivity index (χ1n) is 5.15. The van der Waals surface area contributed by atoms with Crippen LogP contribution in [0, 0.1) is 0 Å². The lowest BCUT2D eigenvalue weighted by atomic mass is 10.2. The number of rotatable bonds is 8. The molecule has 1 unspecified atom stereocenters. The minimum atomic E-state index is -0.233. The number of carbonyl (C=O) groups is 1. The van der Waals surface area contributed by atoms with Crippen molar-refractivity contribution in [1.82, 2.24) is 5.32 Å². The molecule has 4 nitrogen and oxygen atoms in total. The van der Waals surface area contributed by atoms with Gasteiger partial charge >= 0.3 is 5.97 Å². The Labute approximate surface area is 91.6 Å². The highest BCUT2D eigenvalue weighted by molar-refractivity contribution is 5.75. The van der Waals surface area contributed by atoms with Crippen LogP contribution in [0.2, 0.25) is 0 Å². The molecule has 1 atom stereocenters. The van der Waals surface area contributed by atoms with Crippen molar-refractivity contribution >= 4 is 5.97 Å². The molecule has 0 rings (SSSR count). The number of carbonyl (C=O) groups excluding carboxylic acids is 1. The van der Waals surface area contributed by atoms with Gasteiger partial charge in [-0.25, -0.2) is 0 Å². The number of hydrogen-bond acceptors (Lipinski definition) is 4. The third-order valence-corrected chi connectivity index (χ3v) is 1.88.